The van der Waals surface area contributed by atoms with Crippen LogP contribution in [0, 0.1) is 0 Å². The number of hydrogen-bond acceptors (Lipinski definition) is 3. The molecule has 1 heterocycles. The van der Waals surface area contributed by atoms with Crippen LogP contribution in [0.4, 0.5) is 5.69 Å². The van der Waals surface area contributed by atoms with E-state index in [1.54, 1.807) is 36.4 Å². The van der Waals surface area contributed by atoms with E-state index in [0.717, 1.165) is 16.2 Å². The van der Waals surface area contributed by atoms with Crippen LogP contribution in [-0.4, -0.2) is 5.91 Å². The van der Waals surface area contributed by atoms with Gasteiger partial charge < -0.3 is 9.73 Å². The van der Waals surface area contributed by atoms with Gasteiger partial charge in [-0.05, 0) is 47.2 Å². The van der Waals surface area contributed by atoms with E-state index in [2.05, 4.69) is 5.32 Å². The zero-order valence-electron chi connectivity index (χ0n) is 13.0. The number of carbonyl (C=O) groups excluding carboxylic acids is 1. The van der Waals surface area contributed by atoms with Crippen LogP contribution in [0.25, 0.3) is 21.7 Å². The molecule has 4 rings (SSSR count). The second kappa shape index (κ2) is 6.07. The topological polar surface area (TPSA) is 59.3 Å². The first kappa shape index (κ1) is 15.4. The van der Waals surface area contributed by atoms with Crippen molar-refractivity contribution in [3.63, 3.8) is 0 Å². The van der Waals surface area contributed by atoms with Crippen molar-refractivity contribution in [3.8, 4) is 0 Å². The van der Waals surface area contributed by atoms with Crippen LogP contribution in [0.3, 0.4) is 0 Å². The quantitative estimate of drug-likeness (QED) is 0.415. The number of benzene rings is 3. The summed E-state index contributed by atoms with van der Waals surface area (Å²) < 4.78 is 5.37. The minimum absolute atomic E-state index is 0.101. The van der Waals surface area contributed by atoms with Gasteiger partial charge in [0, 0.05) is 16.0 Å². The zero-order chi connectivity index (χ0) is 17.4. The molecule has 0 saturated carbocycles. The van der Waals surface area contributed by atoms with Gasteiger partial charge in [-0.3, -0.25) is 4.79 Å². The number of rotatable bonds is 2. The predicted octanol–water partition coefficient (Wildman–Crippen LogP) is 4.85. The van der Waals surface area contributed by atoms with E-state index in [-0.39, 0.29) is 5.69 Å². The highest BCUT2D eigenvalue weighted by molar-refractivity contribution is 6.30. The van der Waals surface area contributed by atoms with Gasteiger partial charge in [0.05, 0.1) is 0 Å². The fourth-order valence-corrected chi connectivity index (χ4v) is 2.88. The molecule has 4 nitrogen and oxygen atoms in total. The Kier molecular flexibility index (Phi) is 3.75. The molecule has 0 atom stereocenters. The molecule has 1 aromatic heterocycles. The predicted molar refractivity (Wildman–Crippen MR) is 99.4 cm³/mol. The second-order valence-corrected chi connectivity index (χ2v) is 6.04. The Morgan fingerprint density at radius 3 is 2.48 bits per heavy atom. The second-order valence-electron chi connectivity index (χ2n) is 5.61. The molecule has 0 aliphatic heterocycles. The maximum atomic E-state index is 12.3. The maximum Gasteiger partial charge on any atom is 0.360 e. The van der Waals surface area contributed by atoms with Gasteiger partial charge in [-0.2, -0.15) is 0 Å². The van der Waals surface area contributed by atoms with Gasteiger partial charge in [-0.25, -0.2) is 4.79 Å². The van der Waals surface area contributed by atoms with Crippen molar-refractivity contribution in [1.82, 2.24) is 0 Å². The molecule has 1 N–H and O–H groups in total. The highest BCUT2D eigenvalue weighted by Crippen LogP contribution is 2.26. The molecule has 0 aliphatic carbocycles. The minimum atomic E-state index is -0.593. The van der Waals surface area contributed by atoms with E-state index in [1.165, 1.54) is 0 Å². The van der Waals surface area contributed by atoms with Crippen LogP contribution in [0.15, 0.2) is 75.9 Å². The first-order chi connectivity index (χ1) is 12.1. The molecular weight excluding hydrogens is 338 g/mol. The average Bonchev–Trinajstić information content (AvgIpc) is 2.63. The molecule has 0 bridgehead atoms. The van der Waals surface area contributed by atoms with Crippen LogP contribution >= 0.6 is 11.6 Å². The van der Waals surface area contributed by atoms with E-state index in [1.807, 2.05) is 30.3 Å². The van der Waals surface area contributed by atoms with Crippen LogP contribution in [0.1, 0.15) is 10.4 Å². The summed E-state index contributed by atoms with van der Waals surface area (Å²) in [5.41, 5.74) is 0.393. The fraction of sp³-hybridized carbons (Fsp3) is 0. The maximum absolute atomic E-state index is 12.3. The van der Waals surface area contributed by atoms with Gasteiger partial charge in [0.25, 0.3) is 5.91 Å². The van der Waals surface area contributed by atoms with Crippen molar-refractivity contribution < 1.29 is 9.21 Å². The van der Waals surface area contributed by atoms with E-state index >= 15 is 0 Å². The third kappa shape index (κ3) is 2.88. The van der Waals surface area contributed by atoms with Gasteiger partial charge in [-0.1, -0.05) is 41.9 Å². The molecule has 0 unspecified atom stereocenters. The molecule has 0 aliphatic rings. The number of nitrogens with one attached hydrogen (secondary N) is 1. The summed E-state index contributed by atoms with van der Waals surface area (Å²) in [6.45, 7) is 0. The zero-order valence-corrected chi connectivity index (χ0v) is 13.7. The Bertz CT molecular complexity index is 1160. The Labute approximate surface area is 147 Å². The Hall–Kier alpha value is -3.11. The largest absolute Gasteiger partial charge is 0.421 e. The minimum Gasteiger partial charge on any atom is -0.421 e. The highest BCUT2D eigenvalue weighted by Gasteiger charge is 2.12. The van der Waals surface area contributed by atoms with Gasteiger partial charge in [0.1, 0.15) is 11.3 Å². The van der Waals surface area contributed by atoms with Gasteiger partial charge in [0.15, 0.2) is 0 Å². The normalized spacial score (nSPS) is 10.9. The van der Waals surface area contributed by atoms with E-state index in [0.29, 0.717) is 16.2 Å². The molecule has 0 fully saturated rings. The number of hydrogen-bond donors (Lipinski definition) is 1. The smallest absolute Gasteiger partial charge is 0.360 e. The van der Waals surface area contributed by atoms with E-state index in [4.69, 9.17) is 16.0 Å². The number of anilines is 1. The number of carbonyl (C=O) groups is 1. The van der Waals surface area contributed by atoms with E-state index in [9.17, 15) is 9.59 Å². The molecule has 122 valence electrons. The SMILES string of the molecule is O=C(Nc1cc2c(ccc3ccccc32)oc1=O)c1ccc(Cl)cc1. The Morgan fingerprint density at radius 2 is 1.68 bits per heavy atom. The standard InChI is InChI=1S/C20H12ClNO3/c21-14-8-5-13(6-9-14)19(23)22-17-11-16-15-4-2-1-3-12(15)7-10-18(16)25-20(17)24/h1-11H,(H,22,23). The van der Waals surface area contributed by atoms with Crippen LogP contribution < -0.4 is 10.9 Å². The number of halogens is 1. The van der Waals surface area contributed by atoms with Gasteiger partial charge >= 0.3 is 5.63 Å². The molecule has 1 amide bonds. The van der Waals surface area contributed by atoms with Crippen molar-refractivity contribution in [2.45, 2.75) is 0 Å². The number of fused-ring (bicyclic) bond motifs is 3. The molecule has 0 radical (unpaired) electrons. The summed E-state index contributed by atoms with van der Waals surface area (Å²) in [7, 11) is 0. The molecule has 25 heavy (non-hydrogen) atoms. The van der Waals surface area contributed by atoms with Crippen molar-refractivity contribution in [2.75, 3.05) is 5.32 Å². The monoisotopic (exact) mass is 349 g/mol. The lowest BCUT2D eigenvalue weighted by molar-refractivity contribution is 0.102. The van der Waals surface area contributed by atoms with Crippen molar-refractivity contribution in [3.05, 3.63) is 87.7 Å². The lowest BCUT2D eigenvalue weighted by atomic mass is 10.1. The third-order valence-electron chi connectivity index (χ3n) is 4.00. The molecular formula is C20H12ClNO3. The Balaban J connectivity index is 1.80. The summed E-state index contributed by atoms with van der Waals surface area (Å²) in [6, 6.07) is 19.5. The third-order valence-corrected chi connectivity index (χ3v) is 4.25. The lowest BCUT2D eigenvalue weighted by Crippen LogP contribution is -2.17. The van der Waals surface area contributed by atoms with Crippen molar-refractivity contribution >= 4 is 44.9 Å². The first-order valence-corrected chi connectivity index (χ1v) is 8.02. The van der Waals surface area contributed by atoms with E-state index < -0.39 is 11.5 Å². The number of amides is 1. The lowest BCUT2D eigenvalue weighted by Gasteiger charge is -2.07. The average molecular weight is 350 g/mol. The van der Waals surface area contributed by atoms with Crippen LogP contribution in [0.5, 0.6) is 0 Å². The molecule has 4 aromatic rings. The highest BCUT2D eigenvalue weighted by atomic mass is 35.5. The Morgan fingerprint density at radius 1 is 0.920 bits per heavy atom. The molecule has 5 heteroatoms. The summed E-state index contributed by atoms with van der Waals surface area (Å²) >= 11 is 5.83. The van der Waals surface area contributed by atoms with Crippen molar-refractivity contribution in [1.29, 1.82) is 0 Å². The summed E-state index contributed by atoms with van der Waals surface area (Å²) in [4.78, 5) is 24.5. The van der Waals surface area contributed by atoms with Crippen LogP contribution in [0.2, 0.25) is 5.02 Å². The fourth-order valence-electron chi connectivity index (χ4n) is 2.75. The first-order valence-electron chi connectivity index (χ1n) is 7.64. The summed E-state index contributed by atoms with van der Waals surface area (Å²) in [5.74, 6) is -0.399. The summed E-state index contributed by atoms with van der Waals surface area (Å²) in [6.07, 6.45) is 0. The van der Waals surface area contributed by atoms with Gasteiger partial charge in [0.2, 0.25) is 0 Å². The van der Waals surface area contributed by atoms with Crippen molar-refractivity contribution in [2.24, 2.45) is 0 Å². The van der Waals surface area contributed by atoms with Gasteiger partial charge in [-0.15, -0.1) is 0 Å². The molecule has 3 aromatic carbocycles. The van der Waals surface area contributed by atoms with Crippen LogP contribution in [-0.2, 0) is 0 Å². The molecule has 0 spiro atoms. The summed E-state index contributed by atoms with van der Waals surface area (Å²) in [5, 5.41) is 5.89. The molecule has 0 saturated heterocycles.